The maximum absolute atomic E-state index is 13.0. The zero-order valence-corrected chi connectivity index (χ0v) is 14.0. The second kappa shape index (κ2) is 7.00. The Morgan fingerprint density at radius 2 is 1.91 bits per heavy atom. The number of likely N-dealkylation sites (tertiary alicyclic amines) is 1. The Morgan fingerprint density at radius 3 is 2.52 bits per heavy atom. The van der Waals surface area contributed by atoms with Crippen LogP contribution in [0.5, 0.6) is 0 Å². The predicted octanol–water partition coefficient (Wildman–Crippen LogP) is 3.59. The van der Waals surface area contributed by atoms with E-state index in [2.05, 4.69) is 13.8 Å². The molecule has 2 atom stereocenters. The van der Waals surface area contributed by atoms with Gasteiger partial charge in [0.25, 0.3) is 0 Å². The lowest BCUT2D eigenvalue weighted by atomic mass is 10.1. The van der Waals surface area contributed by atoms with Crippen molar-refractivity contribution in [2.45, 2.75) is 45.1 Å². The van der Waals surface area contributed by atoms with Crippen LogP contribution < -0.4 is 0 Å². The molecule has 1 heterocycles. The highest BCUT2D eigenvalue weighted by atomic mass is 19.1. The molecule has 4 heteroatoms. The monoisotopic (exact) mass is 319 g/mol. The number of piperidine rings is 1. The molecule has 0 spiro atoms. The average molecular weight is 319 g/mol. The highest BCUT2D eigenvalue weighted by Crippen LogP contribution is 2.48. The third-order valence-electron chi connectivity index (χ3n) is 4.82. The Labute approximate surface area is 137 Å². The lowest BCUT2D eigenvalue weighted by molar-refractivity contribution is -0.135. The summed E-state index contributed by atoms with van der Waals surface area (Å²) in [6.45, 7) is 6.71. The molecule has 0 radical (unpaired) electrons. The van der Waals surface area contributed by atoms with Gasteiger partial charge in [-0.3, -0.25) is 4.79 Å². The Morgan fingerprint density at radius 1 is 1.26 bits per heavy atom. The van der Waals surface area contributed by atoms with E-state index < -0.39 is 0 Å². The first kappa shape index (κ1) is 16.4. The standard InChI is InChI=1S/C19H26FNO2/c1-13(2)12-23-16-7-9-21(10-8-16)19(22)18-11-17(18)14-3-5-15(20)6-4-14/h3-6,13,16-18H,7-12H2,1-2H3/t17-,18+/m1/s1. The molecule has 3 nitrogen and oxygen atoms in total. The minimum Gasteiger partial charge on any atom is -0.378 e. The molecule has 23 heavy (non-hydrogen) atoms. The van der Waals surface area contributed by atoms with Gasteiger partial charge in [-0.05, 0) is 48.8 Å². The van der Waals surface area contributed by atoms with E-state index in [0.29, 0.717) is 12.0 Å². The molecule has 0 bridgehead atoms. The molecule has 0 unspecified atom stereocenters. The van der Waals surface area contributed by atoms with Crippen molar-refractivity contribution in [1.82, 2.24) is 4.90 Å². The van der Waals surface area contributed by atoms with Crippen LogP contribution in [-0.4, -0.2) is 36.6 Å². The number of hydrogen-bond donors (Lipinski definition) is 0. The van der Waals surface area contributed by atoms with E-state index in [0.717, 1.165) is 44.5 Å². The molecule has 126 valence electrons. The fraction of sp³-hybridized carbons (Fsp3) is 0.632. The zero-order valence-electron chi connectivity index (χ0n) is 14.0. The Bertz CT molecular complexity index is 535. The molecule has 1 saturated carbocycles. The highest BCUT2D eigenvalue weighted by molar-refractivity contribution is 5.83. The summed E-state index contributed by atoms with van der Waals surface area (Å²) in [6.07, 6.45) is 3.07. The van der Waals surface area contributed by atoms with Gasteiger partial charge in [0.15, 0.2) is 0 Å². The fourth-order valence-electron chi connectivity index (χ4n) is 3.35. The predicted molar refractivity (Wildman–Crippen MR) is 87.6 cm³/mol. The van der Waals surface area contributed by atoms with Crippen LogP contribution in [0.2, 0.25) is 0 Å². The number of nitrogens with zero attached hydrogens (tertiary/aromatic N) is 1. The second-order valence-electron chi connectivity index (χ2n) is 7.25. The van der Waals surface area contributed by atoms with Gasteiger partial charge in [0.2, 0.25) is 5.91 Å². The summed E-state index contributed by atoms with van der Waals surface area (Å²) < 4.78 is 18.9. The number of ether oxygens (including phenoxy) is 1. The van der Waals surface area contributed by atoms with Gasteiger partial charge >= 0.3 is 0 Å². The highest BCUT2D eigenvalue weighted by Gasteiger charge is 2.46. The van der Waals surface area contributed by atoms with E-state index in [1.54, 1.807) is 12.1 Å². The Balaban J connectivity index is 1.46. The van der Waals surface area contributed by atoms with Crippen molar-refractivity contribution < 1.29 is 13.9 Å². The van der Waals surface area contributed by atoms with E-state index >= 15 is 0 Å². The van der Waals surface area contributed by atoms with Gasteiger partial charge in [0.05, 0.1) is 6.10 Å². The van der Waals surface area contributed by atoms with E-state index in [1.165, 1.54) is 12.1 Å². The summed E-state index contributed by atoms with van der Waals surface area (Å²) in [6, 6.07) is 6.57. The molecule has 1 saturated heterocycles. The number of amides is 1. The number of carbonyl (C=O) groups is 1. The van der Waals surface area contributed by atoms with Gasteiger partial charge in [-0.15, -0.1) is 0 Å². The van der Waals surface area contributed by atoms with Crippen LogP contribution in [0.1, 0.15) is 44.6 Å². The van der Waals surface area contributed by atoms with Crippen molar-refractivity contribution in [3.05, 3.63) is 35.6 Å². The second-order valence-corrected chi connectivity index (χ2v) is 7.25. The molecule has 1 amide bonds. The molecular weight excluding hydrogens is 293 g/mol. The third-order valence-corrected chi connectivity index (χ3v) is 4.82. The van der Waals surface area contributed by atoms with Crippen LogP contribution in [0.4, 0.5) is 4.39 Å². The van der Waals surface area contributed by atoms with E-state index in [-0.39, 0.29) is 23.6 Å². The molecule has 3 rings (SSSR count). The summed E-state index contributed by atoms with van der Waals surface area (Å²) in [5.74, 6) is 0.964. The van der Waals surface area contributed by atoms with Crippen molar-refractivity contribution >= 4 is 5.91 Å². The van der Waals surface area contributed by atoms with Gasteiger partial charge in [-0.2, -0.15) is 0 Å². The van der Waals surface area contributed by atoms with Gasteiger partial charge in [-0.1, -0.05) is 26.0 Å². The summed E-state index contributed by atoms with van der Waals surface area (Å²) in [7, 11) is 0. The number of benzene rings is 1. The molecule has 2 fully saturated rings. The van der Waals surface area contributed by atoms with E-state index in [4.69, 9.17) is 4.74 Å². The summed E-state index contributed by atoms with van der Waals surface area (Å²) >= 11 is 0. The summed E-state index contributed by atoms with van der Waals surface area (Å²) in [4.78, 5) is 14.6. The molecule has 0 aromatic heterocycles. The number of halogens is 1. The summed E-state index contributed by atoms with van der Waals surface area (Å²) in [5.41, 5.74) is 1.08. The topological polar surface area (TPSA) is 29.5 Å². The third kappa shape index (κ3) is 4.11. The summed E-state index contributed by atoms with van der Waals surface area (Å²) in [5, 5.41) is 0. The Kier molecular flexibility index (Phi) is 5.00. The van der Waals surface area contributed by atoms with Gasteiger partial charge < -0.3 is 9.64 Å². The lowest BCUT2D eigenvalue weighted by Crippen LogP contribution is -2.42. The SMILES string of the molecule is CC(C)COC1CCN(C(=O)[C@H]2C[C@@H]2c2ccc(F)cc2)CC1. The molecule has 1 aromatic rings. The van der Waals surface area contributed by atoms with E-state index in [1.807, 2.05) is 4.90 Å². The molecule has 1 aliphatic heterocycles. The van der Waals surface area contributed by atoms with Crippen molar-refractivity contribution in [2.24, 2.45) is 11.8 Å². The van der Waals surface area contributed by atoms with Gasteiger partial charge in [0.1, 0.15) is 5.82 Å². The lowest BCUT2D eigenvalue weighted by Gasteiger charge is -2.32. The minimum atomic E-state index is -0.222. The van der Waals surface area contributed by atoms with Crippen LogP contribution in [-0.2, 0) is 9.53 Å². The van der Waals surface area contributed by atoms with Crippen LogP contribution in [0.15, 0.2) is 24.3 Å². The van der Waals surface area contributed by atoms with Crippen LogP contribution in [0.3, 0.4) is 0 Å². The van der Waals surface area contributed by atoms with Crippen molar-refractivity contribution in [1.29, 1.82) is 0 Å². The van der Waals surface area contributed by atoms with Gasteiger partial charge in [-0.25, -0.2) is 4.39 Å². The zero-order chi connectivity index (χ0) is 16.4. The van der Waals surface area contributed by atoms with E-state index in [9.17, 15) is 9.18 Å². The maximum Gasteiger partial charge on any atom is 0.226 e. The van der Waals surface area contributed by atoms with Crippen LogP contribution in [0, 0.1) is 17.7 Å². The Hall–Kier alpha value is -1.42. The minimum absolute atomic E-state index is 0.0913. The molecule has 0 N–H and O–H groups in total. The number of hydrogen-bond acceptors (Lipinski definition) is 2. The first-order chi connectivity index (χ1) is 11.0. The average Bonchev–Trinajstić information content (AvgIpc) is 3.34. The fourth-order valence-corrected chi connectivity index (χ4v) is 3.35. The van der Waals surface area contributed by atoms with Crippen LogP contribution in [0.25, 0.3) is 0 Å². The largest absolute Gasteiger partial charge is 0.378 e. The first-order valence-electron chi connectivity index (χ1n) is 8.70. The van der Waals surface area contributed by atoms with Crippen LogP contribution >= 0.6 is 0 Å². The number of carbonyl (C=O) groups excluding carboxylic acids is 1. The maximum atomic E-state index is 13.0. The molecule has 2 aliphatic rings. The van der Waals surface area contributed by atoms with Gasteiger partial charge in [0, 0.05) is 25.6 Å². The van der Waals surface area contributed by atoms with Crippen molar-refractivity contribution in [3.63, 3.8) is 0 Å². The van der Waals surface area contributed by atoms with Crippen molar-refractivity contribution in [3.8, 4) is 0 Å². The molecular formula is C19H26FNO2. The number of rotatable bonds is 5. The molecule has 1 aliphatic carbocycles. The quantitative estimate of drug-likeness (QED) is 0.830. The van der Waals surface area contributed by atoms with Crippen molar-refractivity contribution in [2.75, 3.05) is 19.7 Å². The normalized spacial score (nSPS) is 25.0. The molecule has 1 aromatic carbocycles. The smallest absolute Gasteiger partial charge is 0.226 e. The first-order valence-corrected chi connectivity index (χ1v) is 8.70.